The predicted molar refractivity (Wildman–Crippen MR) is 81.9 cm³/mol. The average Bonchev–Trinajstić information content (AvgIpc) is 3.15. The van der Waals surface area contributed by atoms with Crippen LogP contribution in [0.15, 0.2) is 23.9 Å². The van der Waals surface area contributed by atoms with Gasteiger partial charge in [0.2, 0.25) is 0 Å². The molecule has 2 N–H and O–H groups in total. The molecule has 0 unspecified atom stereocenters. The molecule has 1 spiro atoms. The monoisotopic (exact) mass is 317 g/mol. The summed E-state index contributed by atoms with van der Waals surface area (Å²) in [6.07, 6.45) is 4.50. The van der Waals surface area contributed by atoms with Crippen molar-refractivity contribution in [1.82, 2.24) is 4.57 Å². The third-order valence-corrected chi connectivity index (χ3v) is 4.96. The summed E-state index contributed by atoms with van der Waals surface area (Å²) in [6.45, 7) is 1.42. The van der Waals surface area contributed by atoms with Crippen LogP contribution in [0.3, 0.4) is 0 Å². The van der Waals surface area contributed by atoms with Crippen molar-refractivity contribution in [1.29, 1.82) is 0 Å². The highest BCUT2D eigenvalue weighted by atomic mass is 16.4. The van der Waals surface area contributed by atoms with Gasteiger partial charge < -0.3 is 14.8 Å². The number of ketones is 2. The normalized spacial score (nSPS) is 20.7. The van der Waals surface area contributed by atoms with Crippen molar-refractivity contribution in [3.63, 3.8) is 0 Å². The Kier molecular flexibility index (Phi) is 3.62. The lowest BCUT2D eigenvalue weighted by Gasteiger charge is -2.35. The molecule has 0 saturated heterocycles. The Morgan fingerprint density at radius 3 is 2.61 bits per heavy atom. The van der Waals surface area contributed by atoms with Crippen molar-refractivity contribution in [2.45, 2.75) is 44.6 Å². The van der Waals surface area contributed by atoms with Crippen LogP contribution in [0.1, 0.15) is 44.7 Å². The second-order valence-corrected chi connectivity index (χ2v) is 6.42. The molecule has 1 aromatic rings. The van der Waals surface area contributed by atoms with E-state index in [1.165, 1.54) is 6.92 Å². The fourth-order valence-electron chi connectivity index (χ4n) is 3.68. The zero-order valence-electron chi connectivity index (χ0n) is 12.9. The fourth-order valence-corrected chi connectivity index (χ4v) is 3.68. The van der Waals surface area contributed by atoms with Gasteiger partial charge in [-0.25, -0.2) is 0 Å². The molecule has 1 aliphatic carbocycles. The van der Waals surface area contributed by atoms with Gasteiger partial charge in [0.25, 0.3) is 0 Å². The number of aromatic nitrogens is 1. The molecule has 1 fully saturated rings. The number of Topliss-reactive ketones (excluding diaryl/α,β-unsaturated/α-hetero) is 2. The van der Waals surface area contributed by atoms with E-state index in [0.29, 0.717) is 18.5 Å². The van der Waals surface area contributed by atoms with Crippen LogP contribution in [0.5, 0.6) is 0 Å². The zero-order chi connectivity index (χ0) is 16.8. The quantitative estimate of drug-likeness (QED) is 0.831. The first-order valence-corrected chi connectivity index (χ1v) is 7.81. The molecule has 0 aromatic carbocycles. The second kappa shape index (κ2) is 5.37. The molecule has 1 aliphatic heterocycles. The highest BCUT2D eigenvalue weighted by Gasteiger charge is 2.50. The Hall–Kier alpha value is -2.37. The third-order valence-electron chi connectivity index (χ3n) is 4.96. The molecule has 1 saturated carbocycles. The van der Waals surface area contributed by atoms with Crippen molar-refractivity contribution in [2.24, 2.45) is 5.92 Å². The number of aliphatic hydroxyl groups excluding tert-OH is 1. The molecule has 2 heterocycles. The van der Waals surface area contributed by atoms with E-state index in [1.807, 2.05) is 0 Å². The molecule has 0 bridgehead atoms. The number of hydrogen-bond acceptors (Lipinski definition) is 4. The maximum absolute atomic E-state index is 13.0. The summed E-state index contributed by atoms with van der Waals surface area (Å²) in [5.74, 6) is -3.30. The van der Waals surface area contributed by atoms with Crippen LogP contribution < -0.4 is 0 Å². The first kappa shape index (κ1) is 15.5. The smallest absolute Gasteiger partial charge is 0.306 e. The van der Waals surface area contributed by atoms with E-state index < -0.39 is 23.2 Å². The van der Waals surface area contributed by atoms with Crippen LogP contribution in [-0.4, -0.2) is 32.3 Å². The number of nitrogens with zero attached hydrogens (tertiary/aromatic N) is 1. The van der Waals surface area contributed by atoms with E-state index in [-0.39, 0.29) is 23.5 Å². The van der Waals surface area contributed by atoms with Crippen LogP contribution in [-0.2, 0) is 19.9 Å². The number of carbonyl (C=O) groups excluding carboxylic acids is 2. The lowest BCUT2D eigenvalue weighted by Crippen LogP contribution is -2.45. The number of rotatable bonds is 4. The first-order chi connectivity index (χ1) is 10.9. The number of allylic oxidation sites excluding steroid dienone is 1. The number of carbonyl (C=O) groups is 3. The van der Waals surface area contributed by atoms with Crippen molar-refractivity contribution in [3.05, 3.63) is 29.6 Å². The third kappa shape index (κ3) is 2.20. The van der Waals surface area contributed by atoms with E-state index in [4.69, 9.17) is 5.11 Å². The molecule has 1 atom stereocenters. The molecule has 6 nitrogen and oxygen atoms in total. The maximum atomic E-state index is 13.0. The summed E-state index contributed by atoms with van der Waals surface area (Å²) >= 11 is 0. The topological polar surface area (TPSA) is 96.6 Å². The lowest BCUT2D eigenvalue weighted by molar-refractivity contribution is -0.143. The number of aliphatic hydroxyl groups is 1. The van der Waals surface area contributed by atoms with Crippen molar-refractivity contribution >= 4 is 23.3 Å². The number of fused-ring (bicyclic) bond motifs is 2. The summed E-state index contributed by atoms with van der Waals surface area (Å²) in [4.78, 5) is 36.5. The Balaban J connectivity index is 2.06. The summed E-state index contributed by atoms with van der Waals surface area (Å²) < 4.78 is 1.77. The molecule has 0 amide bonds. The van der Waals surface area contributed by atoms with Crippen LogP contribution in [0.4, 0.5) is 0 Å². The van der Waals surface area contributed by atoms with Crippen molar-refractivity contribution in [3.8, 4) is 0 Å². The Morgan fingerprint density at radius 2 is 2.00 bits per heavy atom. The molecule has 3 rings (SSSR count). The minimum absolute atomic E-state index is 0.230. The van der Waals surface area contributed by atoms with Crippen LogP contribution in [0, 0.1) is 5.92 Å². The molecule has 2 aliphatic rings. The van der Waals surface area contributed by atoms with Gasteiger partial charge in [-0.2, -0.15) is 0 Å². The van der Waals surface area contributed by atoms with Gasteiger partial charge in [0.05, 0.1) is 11.6 Å². The first-order valence-electron chi connectivity index (χ1n) is 7.81. The summed E-state index contributed by atoms with van der Waals surface area (Å²) in [6, 6.07) is 3.42. The van der Waals surface area contributed by atoms with Crippen molar-refractivity contribution in [2.75, 3.05) is 0 Å². The van der Waals surface area contributed by atoms with E-state index in [2.05, 4.69) is 0 Å². The summed E-state index contributed by atoms with van der Waals surface area (Å²) in [5.41, 5.74) is -0.577. The van der Waals surface area contributed by atoms with Crippen molar-refractivity contribution < 1.29 is 24.6 Å². The van der Waals surface area contributed by atoms with Crippen LogP contribution >= 0.6 is 0 Å². The minimum Gasteiger partial charge on any atom is -0.505 e. The van der Waals surface area contributed by atoms with Gasteiger partial charge in [0.1, 0.15) is 11.1 Å². The van der Waals surface area contributed by atoms with Gasteiger partial charge in [-0.15, -0.1) is 0 Å². The van der Waals surface area contributed by atoms with Gasteiger partial charge in [-0.05, 0) is 25.0 Å². The predicted octanol–water partition coefficient (Wildman–Crippen LogP) is 2.29. The van der Waals surface area contributed by atoms with Crippen LogP contribution in [0.2, 0.25) is 0 Å². The molecule has 6 heteroatoms. The zero-order valence-corrected chi connectivity index (χ0v) is 12.9. The van der Waals surface area contributed by atoms with Gasteiger partial charge >= 0.3 is 5.97 Å². The minimum atomic E-state index is -1.10. The lowest BCUT2D eigenvalue weighted by atomic mass is 9.80. The number of carboxylic acid groups (broad SMARTS) is 1. The molecular formula is C17H19NO5. The standard InChI is InChI=1S/C17H19NO5/c1-10(16(22)23)9-12(19)13-14(20)11-5-4-8-18(11)17(15(13)21)6-2-3-7-17/h4-5,8,10,20H,2-3,6-7,9H2,1H3,(H,22,23)/t10-/m1/s1. The van der Waals surface area contributed by atoms with Gasteiger partial charge in [0.15, 0.2) is 17.3 Å². The average molecular weight is 317 g/mol. The highest BCUT2D eigenvalue weighted by molar-refractivity contribution is 6.27. The van der Waals surface area contributed by atoms with E-state index >= 15 is 0 Å². The molecular weight excluding hydrogens is 298 g/mol. The Labute approximate surface area is 133 Å². The van der Waals surface area contributed by atoms with E-state index in [0.717, 1.165) is 12.8 Å². The van der Waals surface area contributed by atoms with Crippen LogP contribution in [0.25, 0.3) is 5.76 Å². The largest absolute Gasteiger partial charge is 0.505 e. The fraction of sp³-hybridized carbons (Fsp3) is 0.471. The number of hydrogen-bond donors (Lipinski definition) is 2. The summed E-state index contributed by atoms with van der Waals surface area (Å²) in [5, 5.41) is 19.4. The molecule has 122 valence electrons. The Bertz CT molecular complexity index is 721. The number of aliphatic carboxylic acids is 1. The molecule has 0 radical (unpaired) electrons. The SMILES string of the molecule is C[C@H](CC(=O)C1=C(O)c2cccn2C2(CCCC2)C1=O)C(=O)O. The van der Waals surface area contributed by atoms with Gasteiger partial charge in [-0.3, -0.25) is 14.4 Å². The second-order valence-electron chi connectivity index (χ2n) is 6.42. The van der Waals surface area contributed by atoms with E-state index in [9.17, 15) is 19.5 Å². The molecule has 1 aromatic heterocycles. The van der Waals surface area contributed by atoms with Gasteiger partial charge in [0, 0.05) is 12.6 Å². The maximum Gasteiger partial charge on any atom is 0.306 e. The Morgan fingerprint density at radius 1 is 1.35 bits per heavy atom. The highest BCUT2D eigenvalue weighted by Crippen LogP contribution is 2.45. The van der Waals surface area contributed by atoms with Gasteiger partial charge in [-0.1, -0.05) is 19.8 Å². The number of carboxylic acids is 1. The summed E-state index contributed by atoms with van der Waals surface area (Å²) in [7, 11) is 0. The molecule has 23 heavy (non-hydrogen) atoms. The van der Waals surface area contributed by atoms with E-state index in [1.54, 1.807) is 22.9 Å².